The first kappa shape index (κ1) is 16.8. The number of nitrogens with zero attached hydrogens (tertiary/aromatic N) is 1. The molecule has 6 heteroatoms. The highest BCUT2D eigenvalue weighted by molar-refractivity contribution is 6.33. The standard InChI is InChI=1S/C17H17ClN2O3/c1-2-22-15-9-5-6-10-16(15)23-12-17(21)20-19-11-13-7-3-4-8-14(13)18/h3-11H,2,12H2,1H3,(H,20,21). The molecule has 0 aliphatic heterocycles. The van der Waals surface area contributed by atoms with Crippen LogP contribution in [0.5, 0.6) is 11.5 Å². The number of nitrogens with one attached hydrogen (secondary N) is 1. The Labute approximate surface area is 139 Å². The molecule has 0 aliphatic rings. The van der Waals surface area contributed by atoms with E-state index < -0.39 is 0 Å². The number of carbonyl (C=O) groups excluding carboxylic acids is 1. The van der Waals surface area contributed by atoms with E-state index in [4.69, 9.17) is 21.1 Å². The minimum atomic E-state index is -0.375. The SMILES string of the molecule is CCOc1ccccc1OCC(=O)NN=Cc1ccccc1Cl. The molecular weight excluding hydrogens is 316 g/mol. The molecule has 0 spiro atoms. The minimum Gasteiger partial charge on any atom is -0.490 e. The molecule has 23 heavy (non-hydrogen) atoms. The summed E-state index contributed by atoms with van der Waals surface area (Å²) in [5.74, 6) is 0.738. The zero-order valence-corrected chi connectivity index (χ0v) is 13.4. The highest BCUT2D eigenvalue weighted by Gasteiger charge is 2.06. The van der Waals surface area contributed by atoms with Crippen LogP contribution < -0.4 is 14.9 Å². The molecule has 0 atom stereocenters. The van der Waals surface area contributed by atoms with Crippen LogP contribution in [0.15, 0.2) is 53.6 Å². The molecule has 2 aromatic rings. The topological polar surface area (TPSA) is 59.9 Å². The van der Waals surface area contributed by atoms with Crippen molar-refractivity contribution in [2.45, 2.75) is 6.92 Å². The average molecular weight is 333 g/mol. The maximum atomic E-state index is 11.7. The maximum Gasteiger partial charge on any atom is 0.277 e. The van der Waals surface area contributed by atoms with E-state index >= 15 is 0 Å². The number of rotatable bonds is 7. The summed E-state index contributed by atoms with van der Waals surface area (Å²) >= 11 is 5.99. The largest absolute Gasteiger partial charge is 0.490 e. The maximum absolute atomic E-state index is 11.7. The summed E-state index contributed by atoms with van der Waals surface area (Å²) in [6.07, 6.45) is 1.48. The lowest BCUT2D eigenvalue weighted by molar-refractivity contribution is -0.123. The van der Waals surface area contributed by atoms with Crippen molar-refractivity contribution in [2.75, 3.05) is 13.2 Å². The van der Waals surface area contributed by atoms with Gasteiger partial charge in [-0.3, -0.25) is 4.79 Å². The van der Waals surface area contributed by atoms with E-state index in [1.54, 1.807) is 24.3 Å². The fraction of sp³-hybridized carbons (Fsp3) is 0.176. The summed E-state index contributed by atoms with van der Waals surface area (Å²) in [5.41, 5.74) is 3.11. The van der Waals surface area contributed by atoms with Crippen LogP contribution in [0.1, 0.15) is 12.5 Å². The van der Waals surface area contributed by atoms with Gasteiger partial charge in [0, 0.05) is 10.6 Å². The molecule has 0 saturated heterocycles. The Balaban J connectivity index is 1.85. The highest BCUT2D eigenvalue weighted by atomic mass is 35.5. The van der Waals surface area contributed by atoms with Crippen LogP contribution in [-0.4, -0.2) is 25.3 Å². The van der Waals surface area contributed by atoms with Crippen molar-refractivity contribution in [1.29, 1.82) is 0 Å². The lowest BCUT2D eigenvalue weighted by atomic mass is 10.2. The summed E-state index contributed by atoms with van der Waals surface area (Å²) < 4.78 is 10.9. The predicted molar refractivity (Wildman–Crippen MR) is 90.3 cm³/mol. The number of hydrazone groups is 1. The van der Waals surface area contributed by atoms with Crippen LogP contribution in [0.2, 0.25) is 5.02 Å². The zero-order valence-electron chi connectivity index (χ0n) is 12.7. The van der Waals surface area contributed by atoms with E-state index in [0.717, 1.165) is 5.56 Å². The first-order valence-corrected chi connectivity index (χ1v) is 7.49. The van der Waals surface area contributed by atoms with Gasteiger partial charge in [-0.1, -0.05) is 41.9 Å². The van der Waals surface area contributed by atoms with Gasteiger partial charge >= 0.3 is 0 Å². The van der Waals surface area contributed by atoms with Crippen molar-refractivity contribution in [1.82, 2.24) is 5.43 Å². The zero-order chi connectivity index (χ0) is 16.5. The quantitative estimate of drug-likeness (QED) is 0.625. The Morgan fingerprint density at radius 1 is 1.13 bits per heavy atom. The van der Waals surface area contributed by atoms with Gasteiger partial charge in [-0.15, -0.1) is 0 Å². The summed E-state index contributed by atoms with van der Waals surface area (Å²) in [5, 5.41) is 4.42. The van der Waals surface area contributed by atoms with Gasteiger partial charge in [0.25, 0.3) is 5.91 Å². The Kier molecular flexibility index (Phi) is 6.44. The second-order valence-corrected chi connectivity index (χ2v) is 4.89. The third-order valence-corrected chi connectivity index (χ3v) is 3.15. The number of amides is 1. The smallest absolute Gasteiger partial charge is 0.277 e. The molecule has 0 heterocycles. The van der Waals surface area contributed by atoms with Crippen molar-refractivity contribution in [3.8, 4) is 11.5 Å². The van der Waals surface area contributed by atoms with E-state index in [9.17, 15) is 4.79 Å². The average Bonchev–Trinajstić information content (AvgIpc) is 2.56. The van der Waals surface area contributed by atoms with Crippen molar-refractivity contribution in [3.63, 3.8) is 0 Å². The molecule has 0 radical (unpaired) electrons. The van der Waals surface area contributed by atoms with E-state index in [2.05, 4.69) is 10.5 Å². The monoisotopic (exact) mass is 332 g/mol. The molecule has 5 nitrogen and oxygen atoms in total. The fourth-order valence-electron chi connectivity index (χ4n) is 1.77. The molecule has 0 aromatic heterocycles. The van der Waals surface area contributed by atoms with Crippen LogP contribution in [0, 0.1) is 0 Å². The highest BCUT2D eigenvalue weighted by Crippen LogP contribution is 2.26. The van der Waals surface area contributed by atoms with E-state index in [1.807, 2.05) is 31.2 Å². The van der Waals surface area contributed by atoms with Gasteiger partial charge in [-0.25, -0.2) is 5.43 Å². The summed E-state index contributed by atoms with van der Waals surface area (Å²) in [4.78, 5) is 11.7. The van der Waals surface area contributed by atoms with E-state index in [0.29, 0.717) is 23.1 Å². The molecule has 120 valence electrons. The first-order valence-electron chi connectivity index (χ1n) is 7.11. The van der Waals surface area contributed by atoms with E-state index in [1.165, 1.54) is 6.21 Å². The summed E-state index contributed by atoms with van der Waals surface area (Å²) in [6.45, 7) is 2.24. The predicted octanol–water partition coefficient (Wildman–Crippen LogP) is 3.27. The molecule has 1 amide bonds. The Hall–Kier alpha value is -2.53. The van der Waals surface area contributed by atoms with Gasteiger partial charge in [0.15, 0.2) is 18.1 Å². The van der Waals surface area contributed by atoms with Crippen molar-refractivity contribution in [3.05, 3.63) is 59.1 Å². The van der Waals surface area contributed by atoms with Crippen LogP contribution >= 0.6 is 11.6 Å². The Morgan fingerprint density at radius 2 is 1.78 bits per heavy atom. The number of para-hydroxylation sites is 2. The van der Waals surface area contributed by atoms with Gasteiger partial charge in [0.1, 0.15) is 0 Å². The van der Waals surface area contributed by atoms with Crippen LogP contribution in [-0.2, 0) is 4.79 Å². The van der Waals surface area contributed by atoms with Gasteiger partial charge in [-0.2, -0.15) is 5.10 Å². The second kappa shape index (κ2) is 8.80. The van der Waals surface area contributed by atoms with Crippen LogP contribution in [0.25, 0.3) is 0 Å². The first-order chi connectivity index (χ1) is 11.2. The number of benzene rings is 2. The number of hydrogen-bond donors (Lipinski definition) is 1. The van der Waals surface area contributed by atoms with Crippen molar-refractivity contribution in [2.24, 2.45) is 5.10 Å². The lowest BCUT2D eigenvalue weighted by Gasteiger charge is -2.10. The number of halogens is 1. The lowest BCUT2D eigenvalue weighted by Crippen LogP contribution is -2.24. The van der Waals surface area contributed by atoms with Gasteiger partial charge in [-0.05, 0) is 25.1 Å². The van der Waals surface area contributed by atoms with Gasteiger partial charge < -0.3 is 9.47 Å². The molecule has 1 N–H and O–H groups in total. The van der Waals surface area contributed by atoms with Gasteiger partial charge in [0.05, 0.1) is 12.8 Å². The number of ether oxygens (including phenoxy) is 2. The third-order valence-electron chi connectivity index (χ3n) is 2.81. The number of hydrogen-bond acceptors (Lipinski definition) is 4. The van der Waals surface area contributed by atoms with E-state index in [-0.39, 0.29) is 12.5 Å². The van der Waals surface area contributed by atoms with Crippen molar-refractivity contribution < 1.29 is 14.3 Å². The Bertz CT molecular complexity index is 689. The molecule has 0 saturated carbocycles. The molecule has 0 bridgehead atoms. The third kappa shape index (κ3) is 5.30. The summed E-state index contributed by atoms with van der Waals surface area (Å²) in [7, 11) is 0. The normalized spacial score (nSPS) is 10.5. The molecular formula is C17H17ClN2O3. The molecule has 2 aromatic carbocycles. The molecule has 0 aliphatic carbocycles. The minimum absolute atomic E-state index is 0.163. The fourth-order valence-corrected chi connectivity index (χ4v) is 1.96. The molecule has 0 unspecified atom stereocenters. The van der Waals surface area contributed by atoms with Crippen molar-refractivity contribution >= 4 is 23.7 Å². The molecule has 0 fully saturated rings. The second-order valence-electron chi connectivity index (χ2n) is 4.48. The van der Waals surface area contributed by atoms with Gasteiger partial charge in [0.2, 0.25) is 0 Å². The molecule has 2 rings (SSSR count). The summed E-state index contributed by atoms with van der Waals surface area (Å²) in [6, 6.07) is 14.4. The van der Waals surface area contributed by atoms with Crippen LogP contribution in [0.3, 0.4) is 0 Å². The number of carbonyl (C=O) groups is 1. The van der Waals surface area contributed by atoms with Crippen LogP contribution in [0.4, 0.5) is 0 Å². The Morgan fingerprint density at radius 3 is 2.48 bits per heavy atom.